The lowest BCUT2D eigenvalue weighted by Crippen LogP contribution is -2.36. The standard InChI is InChI=1S/C14H19N/c15-14(11-7-4-8-11)13-9-12(13)10-5-2-1-3-6-10/h1-3,5-6,11-14H,4,7-9,15H2. The van der Waals surface area contributed by atoms with Gasteiger partial charge in [0, 0.05) is 6.04 Å². The molecule has 0 amide bonds. The van der Waals surface area contributed by atoms with Crippen molar-refractivity contribution >= 4 is 0 Å². The average molecular weight is 201 g/mol. The van der Waals surface area contributed by atoms with E-state index in [9.17, 15) is 0 Å². The largest absolute Gasteiger partial charge is 0.327 e. The summed E-state index contributed by atoms with van der Waals surface area (Å²) in [6.45, 7) is 0. The van der Waals surface area contributed by atoms with Crippen molar-refractivity contribution in [1.29, 1.82) is 0 Å². The highest BCUT2D eigenvalue weighted by Gasteiger charge is 2.45. The third-order valence-corrected chi connectivity index (χ3v) is 4.26. The van der Waals surface area contributed by atoms with Crippen LogP contribution in [0.2, 0.25) is 0 Å². The lowest BCUT2D eigenvalue weighted by Gasteiger charge is -2.31. The van der Waals surface area contributed by atoms with Gasteiger partial charge in [0.1, 0.15) is 0 Å². The minimum absolute atomic E-state index is 0.476. The minimum atomic E-state index is 0.476. The predicted octanol–water partition coefficient (Wildman–Crippen LogP) is 2.92. The molecule has 2 aliphatic rings. The molecule has 80 valence electrons. The second-order valence-corrected chi connectivity index (χ2v) is 5.19. The number of hydrogen-bond donors (Lipinski definition) is 1. The Morgan fingerprint density at radius 1 is 1.13 bits per heavy atom. The van der Waals surface area contributed by atoms with E-state index in [1.165, 1.54) is 31.2 Å². The Morgan fingerprint density at radius 3 is 2.47 bits per heavy atom. The molecule has 1 heteroatoms. The molecule has 0 radical (unpaired) electrons. The lowest BCUT2D eigenvalue weighted by atomic mass is 9.78. The van der Waals surface area contributed by atoms with Gasteiger partial charge in [0.15, 0.2) is 0 Å². The van der Waals surface area contributed by atoms with E-state index in [-0.39, 0.29) is 0 Å². The molecule has 1 aromatic rings. The van der Waals surface area contributed by atoms with Crippen molar-refractivity contribution in [1.82, 2.24) is 0 Å². The van der Waals surface area contributed by atoms with Crippen molar-refractivity contribution in [2.75, 3.05) is 0 Å². The molecule has 15 heavy (non-hydrogen) atoms. The lowest BCUT2D eigenvalue weighted by molar-refractivity contribution is 0.242. The Labute approximate surface area is 91.7 Å². The van der Waals surface area contributed by atoms with Crippen LogP contribution in [0.4, 0.5) is 0 Å². The highest BCUT2D eigenvalue weighted by Crippen LogP contribution is 2.52. The Balaban J connectivity index is 1.64. The van der Waals surface area contributed by atoms with Crippen LogP contribution in [0.25, 0.3) is 0 Å². The summed E-state index contributed by atoms with van der Waals surface area (Å²) >= 11 is 0. The summed E-state index contributed by atoms with van der Waals surface area (Å²) in [5.41, 5.74) is 7.81. The predicted molar refractivity (Wildman–Crippen MR) is 62.6 cm³/mol. The Hall–Kier alpha value is -0.820. The zero-order chi connectivity index (χ0) is 10.3. The van der Waals surface area contributed by atoms with Gasteiger partial charge < -0.3 is 5.73 Å². The van der Waals surface area contributed by atoms with Crippen LogP contribution in [0.15, 0.2) is 30.3 Å². The van der Waals surface area contributed by atoms with Crippen LogP contribution in [0.3, 0.4) is 0 Å². The number of nitrogens with two attached hydrogens (primary N) is 1. The van der Waals surface area contributed by atoms with Crippen LogP contribution in [-0.2, 0) is 0 Å². The van der Waals surface area contributed by atoms with Crippen LogP contribution >= 0.6 is 0 Å². The van der Waals surface area contributed by atoms with Gasteiger partial charge in [-0.2, -0.15) is 0 Å². The summed E-state index contributed by atoms with van der Waals surface area (Å²) in [4.78, 5) is 0. The maximum Gasteiger partial charge on any atom is 0.0102 e. The Morgan fingerprint density at radius 2 is 1.87 bits per heavy atom. The van der Waals surface area contributed by atoms with Crippen molar-refractivity contribution in [2.24, 2.45) is 17.6 Å². The maximum atomic E-state index is 6.31. The molecule has 0 spiro atoms. The highest BCUT2D eigenvalue weighted by molar-refractivity contribution is 5.26. The first-order valence-corrected chi connectivity index (χ1v) is 6.17. The molecule has 3 atom stereocenters. The molecule has 0 aliphatic heterocycles. The summed E-state index contributed by atoms with van der Waals surface area (Å²) in [5, 5.41) is 0. The quantitative estimate of drug-likeness (QED) is 0.799. The molecule has 2 aliphatic carbocycles. The van der Waals surface area contributed by atoms with E-state index in [4.69, 9.17) is 5.73 Å². The molecule has 0 heterocycles. The Bertz CT molecular complexity index is 328. The first-order chi connectivity index (χ1) is 7.36. The minimum Gasteiger partial charge on any atom is -0.327 e. The average Bonchev–Trinajstić information content (AvgIpc) is 2.96. The van der Waals surface area contributed by atoms with Crippen molar-refractivity contribution in [3.63, 3.8) is 0 Å². The van der Waals surface area contributed by atoms with Crippen LogP contribution < -0.4 is 5.73 Å². The second-order valence-electron chi connectivity index (χ2n) is 5.19. The molecule has 0 aromatic heterocycles. The van der Waals surface area contributed by atoms with E-state index in [0.717, 1.165) is 17.8 Å². The zero-order valence-corrected chi connectivity index (χ0v) is 9.10. The summed E-state index contributed by atoms with van der Waals surface area (Å²) in [6, 6.07) is 11.3. The first kappa shape index (κ1) is 9.41. The molecule has 1 aromatic carbocycles. The van der Waals surface area contributed by atoms with Crippen molar-refractivity contribution in [2.45, 2.75) is 37.6 Å². The summed E-state index contributed by atoms with van der Waals surface area (Å²) in [7, 11) is 0. The number of hydrogen-bond acceptors (Lipinski definition) is 1. The zero-order valence-electron chi connectivity index (χ0n) is 9.10. The fourth-order valence-electron chi connectivity index (χ4n) is 2.90. The van der Waals surface area contributed by atoms with E-state index in [0.29, 0.717) is 6.04 Å². The van der Waals surface area contributed by atoms with Crippen molar-refractivity contribution in [3.8, 4) is 0 Å². The number of rotatable bonds is 3. The van der Waals surface area contributed by atoms with E-state index in [1.807, 2.05) is 0 Å². The first-order valence-electron chi connectivity index (χ1n) is 6.17. The molecule has 3 rings (SSSR count). The Kier molecular flexibility index (Phi) is 2.28. The van der Waals surface area contributed by atoms with Crippen molar-refractivity contribution < 1.29 is 0 Å². The monoisotopic (exact) mass is 201 g/mol. The van der Waals surface area contributed by atoms with Gasteiger partial charge in [0.2, 0.25) is 0 Å². The van der Waals surface area contributed by atoms with Gasteiger partial charge in [-0.1, -0.05) is 36.8 Å². The highest BCUT2D eigenvalue weighted by atomic mass is 14.7. The fourth-order valence-corrected chi connectivity index (χ4v) is 2.90. The van der Waals surface area contributed by atoms with Gasteiger partial charge >= 0.3 is 0 Å². The van der Waals surface area contributed by atoms with Crippen LogP contribution in [0.1, 0.15) is 37.2 Å². The molecule has 2 N–H and O–H groups in total. The molecule has 1 nitrogen and oxygen atoms in total. The van der Waals surface area contributed by atoms with Gasteiger partial charge in [-0.25, -0.2) is 0 Å². The smallest absolute Gasteiger partial charge is 0.0102 e. The molecule has 2 saturated carbocycles. The molecule has 0 saturated heterocycles. The van der Waals surface area contributed by atoms with Gasteiger partial charge in [-0.3, -0.25) is 0 Å². The van der Waals surface area contributed by atoms with Crippen LogP contribution in [0.5, 0.6) is 0 Å². The number of benzene rings is 1. The van der Waals surface area contributed by atoms with Crippen LogP contribution in [0, 0.1) is 11.8 Å². The molecule has 3 unspecified atom stereocenters. The summed E-state index contributed by atoms with van der Waals surface area (Å²) in [5.74, 6) is 2.38. The third-order valence-electron chi connectivity index (χ3n) is 4.26. The summed E-state index contributed by atoms with van der Waals surface area (Å²) < 4.78 is 0. The summed E-state index contributed by atoms with van der Waals surface area (Å²) in [6.07, 6.45) is 5.47. The third kappa shape index (κ3) is 1.69. The van der Waals surface area contributed by atoms with Gasteiger partial charge in [-0.15, -0.1) is 0 Å². The molecule has 2 fully saturated rings. The topological polar surface area (TPSA) is 26.0 Å². The SMILES string of the molecule is NC(C1CCC1)C1CC1c1ccccc1. The van der Waals surface area contributed by atoms with Crippen LogP contribution in [-0.4, -0.2) is 6.04 Å². The van der Waals surface area contributed by atoms with E-state index < -0.39 is 0 Å². The van der Waals surface area contributed by atoms with E-state index in [1.54, 1.807) is 0 Å². The van der Waals surface area contributed by atoms with E-state index >= 15 is 0 Å². The van der Waals surface area contributed by atoms with Crippen molar-refractivity contribution in [3.05, 3.63) is 35.9 Å². The molecular formula is C14H19N. The van der Waals surface area contributed by atoms with E-state index in [2.05, 4.69) is 30.3 Å². The normalized spacial score (nSPS) is 32.1. The second kappa shape index (κ2) is 3.64. The van der Waals surface area contributed by atoms with Gasteiger partial charge in [-0.05, 0) is 42.6 Å². The maximum absolute atomic E-state index is 6.31. The van der Waals surface area contributed by atoms with Gasteiger partial charge in [0.25, 0.3) is 0 Å². The molecular weight excluding hydrogens is 182 g/mol. The van der Waals surface area contributed by atoms with Gasteiger partial charge in [0.05, 0.1) is 0 Å². The fraction of sp³-hybridized carbons (Fsp3) is 0.571. The molecule has 0 bridgehead atoms.